The third-order valence-electron chi connectivity index (χ3n) is 6.77. The van der Waals surface area contributed by atoms with Crippen LogP contribution in [0.3, 0.4) is 0 Å². The molecule has 7 heteroatoms. The Morgan fingerprint density at radius 1 is 1.09 bits per heavy atom. The summed E-state index contributed by atoms with van der Waals surface area (Å²) in [5.41, 5.74) is 5.87. The summed E-state index contributed by atoms with van der Waals surface area (Å²) in [5.74, 6) is 0. The lowest BCUT2D eigenvalue weighted by Gasteiger charge is -2.15. The van der Waals surface area contributed by atoms with Gasteiger partial charge in [0.25, 0.3) is 0 Å². The molecule has 0 bridgehead atoms. The van der Waals surface area contributed by atoms with E-state index in [2.05, 4.69) is 67.5 Å². The molecule has 4 aromatic rings. The van der Waals surface area contributed by atoms with Gasteiger partial charge in [-0.1, -0.05) is 49.2 Å². The van der Waals surface area contributed by atoms with Crippen molar-refractivity contribution in [2.24, 2.45) is 0 Å². The number of H-pyrrole nitrogens is 1. The minimum Gasteiger partial charge on any atom is -0.465 e. The van der Waals surface area contributed by atoms with Gasteiger partial charge in [0.15, 0.2) is 0 Å². The maximum absolute atomic E-state index is 9.94. The van der Waals surface area contributed by atoms with Gasteiger partial charge in [-0.3, -0.25) is 5.10 Å². The van der Waals surface area contributed by atoms with E-state index in [1.54, 1.807) is 0 Å². The first-order valence-electron chi connectivity index (χ1n) is 11.6. The lowest BCUT2D eigenvalue weighted by atomic mass is 10.00. The number of nitrogens with one attached hydrogen (secondary N) is 2. The van der Waals surface area contributed by atoms with E-state index in [9.17, 15) is 4.79 Å². The van der Waals surface area contributed by atoms with Crippen LogP contribution in [0.4, 0.5) is 4.79 Å². The van der Waals surface area contributed by atoms with Crippen LogP contribution in [0.2, 0.25) is 0 Å². The number of carboxylic acid groups (broad SMARTS) is 1. The predicted molar refractivity (Wildman–Crippen MR) is 129 cm³/mol. The fourth-order valence-corrected chi connectivity index (χ4v) is 4.61. The van der Waals surface area contributed by atoms with Crippen molar-refractivity contribution >= 4 is 17.0 Å². The van der Waals surface area contributed by atoms with Crippen LogP contribution in [0.5, 0.6) is 0 Å². The first-order chi connectivity index (χ1) is 16.0. The maximum atomic E-state index is 9.94. The molecule has 2 aliphatic carbocycles. The van der Waals surface area contributed by atoms with Crippen molar-refractivity contribution < 1.29 is 9.90 Å². The van der Waals surface area contributed by atoms with Crippen molar-refractivity contribution in [2.45, 2.75) is 57.0 Å². The quantitative estimate of drug-likeness (QED) is 0.360. The molecular formula is C26H29N5O2. The highest BCUT2D eigenvalue weighted by molar-refractivity contribution is 5.94. The molecule has 6 rings (SSSR count). The molecule has 0 spiro atoms. The topological polar surface area (TPSA) is 95.8 Å². The number of aromatic amines is 1. The summed E-state index contributed by atoms with van der Waals surface area (Å²) in [4.78, 5) is 14.4. The smallest absolute Gasteiger partial charge is 0.405 e. The Balaban J connectivity index is 0.000000243. The van der Waals surface area contributed by atoms with E-state index in [1.165, 1.54) is 48.1 Å². The van der Waals surface area contributed by atoms with Gasteiger partial charge in [0, 0.05) is 17.0 Å². The largest absolute Gasteiger partial charge is 0.465 e. The van der Waals surface area contributed by atoms with Crippen molar-refractivity contribution in [3.05, 3.63) is 61.2 Å². The van der Waals surface area contributed by atoms with Crippen molar-refractivity contribution in [1.29, 1.82) is 0 Å². The number of carbonyl (C=O) groups is 1. The summed E-state index contributed by atoms with van der Waals surface area (Å²) < 4.78 is 2.36. The van der Waals surface area contributed by atoms with Crippen molar-refractivity contribution in [2.75, 3.05) is 0 Å². The van der Waals surface area contributed by atoms with Gasteiger partial charge in [-0.2, -0.15) is 5.10 Å². The Morgan fingerprint density at radius 2 is 1.82 bits per heavy atom. The first kappa shape index (κ1) is 21.2. The van der Waals surface area contributed by atoms with Gasteiger partial charge in [0.1, 0.15) is 0 Å². The molecule has 170 valence electrons. The number of nitrogens with zero attached hydrogens (tertiary/aromatic N) is 3. The molecule has 2 saturated carbocycles. The van der Waals surface area contributed by atoms with E-state index >= 15 is 0 Å². The van der Waals surface area contributed by atoms with Gasteiger partial charge in [0.05, 0.1) is 29.9 Å². The molecule has 0 aliphatic heterocycles. The summed E-state index contributed by atoms with van der Waals surface area (Å²) in [5, 5.41) is 19.0. The number of rotatable bonds is 4. The highest BCUT2D eigenvalue weighted by Gasteiger charge is 2.38. The summed E-state index contributed by atoms with van der Waals surface area (Å²) in [7, 11) is 0. The normalized spacial score (nSPS) is 16.9. The van der Waals surface area contributed by atoms with E-state index in [1.807, 2.05) is 25.6 Å². The second-order valence-corrected chi connectivity index (χ2v) is 9.33. The second kappa shape index (κ2) is 8.73. The fourth-order valence-electron chi connectivity index (χ4n) is 4.61. The zero-order chi connectivity index (χ0) is 22.8. The van der Waals surface area contributed by atoms with Crippen LogP contribution in [0.1, 0.15) is 51.5 Å². The average molecular weight is 444 g/mol. The standard InChI is InChI=1S/C21H20N4.C5H9NO2/c1-2-5-17(4-1)25-14-22-13-21(25)16-10-8-15(9-11-16)18-6-3-7-20-19(18)12-23-24-20;1-5(2-3-5)6-4(7)8/h3,6-14,17H,1-2,4-5H2,(H,23,24);6H,2-3H2,1H3,(H,7,8). The Kier molecular flexibility index (Phi) is 5.62. The third kappa shape index (κ3) is 4.62. The molecule has 3 N–H and O–H groups in total. The molecule has 7 nitrogen and oxygen atoms in total. The highest BCUT2D eigenvalue weighted by atomic mass is 16.4. The number of fused-ring (bicyclic) bond motifs is 1. The third-order valence-corrected chi connectivity index (χ3v) is 6.77. The molecular weight excluding hydrogens is 414 g/mol. The van der Waals surface area contributed by atoms with Crippen LogP contribution < -0.4 is 5.32 Å². The van der Waals surface area contributed by atoms with Crippen LogP contribution in [0.15, 0.2) is 61.2 Å². The van der Waals surface area contributed by atoms with Crippen molar-refractivity contribution in [3.8, 4) is 22.4 Å². The van der Waals surface area contributed by atoms with Gasteiger partial charge < -0.3 is 15.0 Å². The van der Waals surface area contributed by atoms with E-state index in [-0.39, 0.29) is 5.54 Å². The lowest BCUT2D eigenvalue weighted by Crippen LogP contribution is -2.32. The summed E-state index contributed by atoms with van der Waals surface area (Å²) >= 11 is 0. The Morgan fingerprint density at radius 3 is 2.48 bits per heavy atom. The molecule has 1 amide bonds. The maximum Gasteiger partial charge on any atom is 0.405 e. The van der Waals surface area contributed by atoms with Crippen LogP contribution >= 0.6 is 0 Å². The SMILES string of the molecule is CC1(NC(=O)O)CC1.c1cc(-c2ccc(-c3cncn3C3CCCC3)cc2)c2cn[nH]c2c1. The van der Waals surface area contributed by atoms with Crippen LogP contribution in [0.25, 0.3) is 33.3 Å². The van der Waals surface area contributed by atoms with Gasteiger partial charge >= 0.3 is 6.09 Å². The Hall–Kier alpha value is -3.61. The average Bonchev–Trinajstić information content (AvgIpc) is 3.32. The summed E-state index contributed by atoms with van der Waals surface area (Å²) in [6.45, 7) is 1.90. The minimum atomic E-state index is -0.912. The highest BCUT2D eigenvalue weighted by Crippen LogP contribution is 2.35. The van der Waals surface area contributed by atoms with Crippen LogP contribution in [-0.2, 0) is 0 Å². The second-order valence-electron chi connectivity index (χ2n) is 9.33. The first-order valence-corrected chi connectivity index (χ1v) is 11.6. The molecule has 2 heterocycles. The van der Waals surface area contributed by atoms with Gasteiger partial charge in [-0.05, 0) is 55.4 Å². The molecule has 0 unspecified atom stereocenters. The number of imidazole rings is 1. The van der Waals surface area contributed by atoms with Crippen LogP contribution in [0, 0.1) is 0 Å². The summed E-state index contributed by atoms with van der Waals surface area (Å²) in [6, 6.07) is 15.7. The fraction of sp³-hybridized carbons (Fsp3) is 0.346. The summed E-state index contributed by atoms with van der Waals surface area (Å²) in [6.07, 6.45) is 12.1. The monoisotopic (exact) mass is 443 g/mol. The van der Waals surface area contributed by atoms with E-state index in [4.69, 9.17) is 5.11 Å². The number of hydrogen-bond donors (Lipinski definition) is 3. The molecule has 0 radical (unpaired) electrons. The molecule has 2 aromatic carbocycles. The Bertz CT molecular complexity index is 1250. The van der Waals surface area contributed by atoms with Crippen molar-refractivity contribution in [1.82, 2.24) is 25.1 Å². The number of hydrogen-bond acceptors (Lipinski definition) is 3. The zero-order valence-corrected chi connectivity index (χ0v) is 18.8. The van der Waals surface area contributed by atoms with Crippen molar-refractivity contribution in [3.63, 3.8) is 0 Å². The van der Waals surface area contributed by atoms with Gasteiger partial charge in [-0.15, -0.1) is 0 Å². The van der Waals surface area contributed by atoms with Crippen LogP contribution in [-0.4, -0.2) is 36.5 Å². The van der Waals surface area contributed by atoms with E-state index in [0.717, 1.165) is 23.7 Å². The molecule has 2 aliphatic rings. The van der Waals surface area contributed by atoms with E-state index in [0.29, 0.717) is 6.04 Å². The minimum absolute atomic E-state index is 0.0775. The molecule has 0 saturated heterocycles. The number of benzene rings is 2. The zero-order valence-electron chi connectivity index (χ0n) is 18.8. The molecule has 2 fully saturated rings. The predicted octanol–water partition coefficient (Wildman–Crippen LogP) is 6.02. The molecule has 33 heavy (non-hydrogen) atoms. The number of aromatic nitrogens is 4. The van der Waals surface area contributed by atoms with Gasteiger partial charge in [-0.25, -0.2) is 9.78 Å². The van der Waals surface area contributed by atoms with Gasteiger partial charge in [0.2, 0.25) is 0 Å². The molecule has 0 atom stereocenters. The number of amides is 1. The molecule has 2 aromatic heterocycles. The lowest BCUT2D eigenvalue weighted by molar-refractivity contribution is 0.189. The Labute approximate surface area is 192 Å². The van der Waals surface area contributed by atoms with E-state index < -0.39 is 6.09 Å².